The number of benzene rings is 3. The number of aryl methyl sites for hydroxylation is 1. The maximum atomic E-state index is 13.6. The molecule has 1 unspecified atom stereocenters. The molecule has 1 heterocycles. The van der Waals surface area contributed by atoms with Gasteiger partial charge in [-0.1, -0.05) is 40.9 Å². The van der Waals surface area contributed by atoms with E-state index in [9.17, 15) is 13.2 Å². The van der Waals surface area contributed by atoms with Crippen molar-refractivity contribution < 1.29 is 17.6 Å². The van der Waals surface area contributed by atoms with E-state index in [-0.39, 0.29) is 22.9 Å². The Labute approximate surface area is 202 Å². The van der Waals surface area contributed by atoms with E-state index >= 15 is 0 Å². The zero-order chi connectivity index (χ0) is 23.6. The predicted octanol–water partition coefficient (Wildman–Crippen LogP) is 7.35. The monoisotopic (exact) mass is 498 g/mol. The van der Waals surface area contributed by atoms with Crippen LogP contribution in [0.3, 0.4) is 0 Å². The number of carbonyl (C=O) groups excluding carboxylic acids is 1. The second-order valence-electron chi connectivity index (χ2n) is 7.69. The van der Waals surface area contributed by atoms with Gasteiger partial charge in [-0.25, -0.2) is 8.42 Å². The quantitative estimate of drug-likeness (QED) is 0.250. The van der Waals surface area contributed by atoms with E-state index in [1.165, 1.54) is 0 Å². The number of ketones is 1. The molecule has 1 aromatic heterocycles. The highest BCUT2D eigenvalue weighted by atomic mass is 35.5. The van der Waals surface area contributed by atoms with Gasteiger partial charge in [0.25, 0.3) is 0 Å². The minimum atomic E-state index is -3.92. The van der Waals surface area contributed by atoms with Crippen LogP contribution in [0.15, 0.2) is 94.2 Å². The molecule has 168 valence electrons. The summed E-state index contributed by atoms with van der Waals surface area (Å²) < 4.78 is 33.2. The maximum absolute atomic E-state index is 13.6. The number of hydrogen-bond acceptors (Lipinski definition) is 4. The van der Waals surface area contributed by atoms with E-state index in [2.05, 4.69) is 0 Å². The van der Waals surface area contributed by atoms with Gasteiger partial charge < -0.3 is 4.42 Å². The third kappa shape index (κ3) is 5.22. The van der Waals surface area contributed by atoms with Gasteiger partial charge in [0.05, 0.1) is 4.90 Å². The second-order valence-corrected chi connectivity index (χ2v) is 10.7. The highest BCUT2D eigenvalue weighted by molar-refractivity contribution is 7.91. The molecule has 0 fully saturated rings. The number of Topliss-reactive ketones (excluding diaryl/α,β-unsaturated/α-hetero) is 1. The van der Waals surface area contributed by atoms with Crippen LogP contribution in [0.5, 0.6) is 0 Å². The molecule has 0 aliphatic rings. The molecule has 0 spiro atoms. The summed E-state index contributed by atoms with van der Waals surface area (Å²) in [4.78, 5) is 13.2. The number of sulfone groups is 1. The first kappa shape index (κ1) is 23.3. The van der Waals surface area contributed by atoms with Crippen LogP contribution >= 0.6 is 23.2 Å². The van der Waals surface area contributed by atoms with Gasteiger partial charge in [0.2, 0.25) is 0 Å². The van der Waals surface area contributed by atoms with Gasteiger partial charge in [-0.05, 0) is 79.7 Å². The van der Waals surface area contributed by atoms with Crippen LogP contribution in [-0.4, -0.2) is 14.2 Å². The van der Waals surface area contributed by atoms with E-state index in [0.717, 1.165) is 11.1 Å². The number of furan rings is 1. The zero-order valence-electron chi connectivity index (χ0n) is 17.7. The molecule has 0 radical (unpaired) electrons. The fourth-order valence-corrected chi connectivity index (χ4v) is 5.37. The zero-order valence-corrected chi connectivity index (χ0v) is 20.0. The van der Waals surface area contributed by atoms with Gasteiger partial charge in [-0.15, -0.1) is 0 Å². The van der Waals surface area contributed by atoms with Crippen LogP contribution < -0.4 is 0 Å². The van der Waals surface area contributed by atoms with Crippen LogP contribution in [0.25, 0.3) is 11.3 Å². The van der Waals surface area contributed by atoms with E-state index in [4.69, 9.17) is 27.6 Å². The highest BCUT2D eigenvalue weighted by Gasteiger charge is 2.34. The smallest absolute Gasteiger partial charge is 0.188 e. The Kier molecular flexibility index (Phi) is 6.75. The third-order valence-corrected chi connectivity index (χ3v) is 7.92. The first-order valence-corrected chi connectivity index (χ1v) is 12.5. The number of halogens is 2. The van der Waals surface area contributed by atoms with Crippen LogP contribution in [0.2, 0.25) is 10.0 Å². The summed E-state index contributed by atoms with van der Waals surface area (Å²) in [5.41, 5.74) is 2.07. The van der Waals surface area contributed by atoms with Crippen molar-refractivity contribution >= 4 is 38.8 Å². The predicted molar refractivity (Wildman–Crippen MR) is 131 cm³/mol. The summed E-state index contributed by atoms with van der Waals surface area (Å²) in [5, 5.41) is -0.114. The van der Waals surface area contributed by atoms with E-state index < -0.39 is 15.1 Å². The molecular formula is C26H20Cl2O4S. The minimum absolute atomic E-state index is 0.131. The Morgan fingerprint density at radius 2 is 1.39 bits per heavy atom. The van der Waals surface area contributed by atoms with Gasteiger partial charge >= 0.3 is 0 Å². The van der Waals surface area contributed by atoms with E-state index in [1.54, 1.807) is 84.9 Å². The third-order valence-electron chi connectivity index (χ3n) is 5.33. The Balaban J connectivity index is 1.74. The molecule has 0 N–H and O–H groups in total. The van der Waals surface area contributed by atoms with Crippen molar-refractivity contribution in [2.24, 2.45) is 0 Å². The molecule has 4 nitrogen and oxygen atoms in total. The Morgan fingerprint density at radius 1 is 0.818 bits per heavy atom. The topological polar surface area (TPSA) is 64.3 Å². The Hall–Kier alpha value is -2.86. The van der Waals surface area contributed by atoms with Gasteiger partial charge in [-0.3, -0.25) is 4.79 Å². The summed E-state index contributed by atoms with van der Waals surface area (Å²) >= 11 is 11.9. The van der Waals surface area contributed by atoms with Crippen molar-refractivity contribution in [1.82, 2.24) is 0 Å². The number of carbonyl (C=O) groups is 1. The Bertz CT molecular complexity index is 1370. The Morgan fingerprint density at radius 3 is 2.00 bits per heavy atom. The molecule has 3 aromatic carbocycles. The van der Waals surface area contributed by atoms with Crippen LogP contribution in [0.4, 0.5) is 0 Å². The SMILES string of the molecule is Cc1ccc(S(=O)(=O)C(CC(=O)c2ccc(Cl)cc2)c2ccc(-c3ccc(Cl)cc3)o2)cc1. The number of hydrogen-bond donors (Lipinski definition) is 0. The molecule has 33 heavy (non-hydrogen) atoms. The van der Waals surface area contributed by atoms with Crippen molar-refractivity contribution in [3.8, 4) is 11.3 Å². The molecule has 1 atom stereocenters. The molecule has 4 rings (SSSR count). The van der Waals surface area contributed by atoms with Crippen molar-refractivity contribution in [3.05, 3.63) is 112 Å². The summed E-state index contributed by atoms with van der Waals surface area (Å²) in [5.74, 6) is 0.365. The van der Waals surface area contributed by atoms with Crippen molar-refractivity contribution in [1.29, 1.82) is 0 Å². The van der Waals surface area contributed by atoms with E-state index in [0.29, 0.717) is 21.4 Å². The molecule has 0 aliphatic heterocycles. The minimum Gasteiger partial charge on any atom is -0.460 e. The lowest BCUT2D eigenvalue weighted by Crippen LogP contribution is -2.17. The summed E-state index contributed by atoms with van der Waals surface area (Å²) in [7, 11) is -3.92. The largest absolute Gasteiger partial charge is 0.460 e. The molecule has 0 aliphatic carbocycles. The lowest BCUT2D eigenvalue weighted by molar-refractivity contribution is 0.0978. The summed E-state index contributed by atoms with van der Waals surface area (Å²) in [6, 6.07) is 23.3. The van der Waals surface area contributed by atoms with Crippen molar-refractivity contribution in [2.45, 2.75) is 23.5 Å². The van der Waals surface area contributed by atoms with Crippen LogP contribution in [-0.2, 0) is 9.84 Å². The molecule has 4 aromatic rings. The van der Waals surface area contributed by atoms with E-state index in [1.807, 2.05) is 6.92 Å². The van der Waals surface area contributed by atoms with Crippen LogP contribution in [0.1, 0.15) is 33.4 Å². The summed E-state index contributed by atoms with van der Waals surface area (Å²) in [6.07, 6.45) is -0.272. The average molecular weight is 499 g/mol. The molecule has 0 amide bonds. The lowest BCUT2D eigenvalue weighted by Gasteiger charge is -2.16. The second kappa shape index (κ2) is 9.56. The van der Waals surface area contributed by atoms with Crippen LogP contribution in [0, 0.1) is 6.92 Å². The van der Waals surface area contributed by atoms with Gasteiger partial charge in [0, 0.05) is 27.6 Å². The summed E-state index contributed by atoms with van der Waals surface area (Å²) in [6.45, 7) is 1.88. The molecule has 0 saturated carbocycles. The fourth-order valence-electron chi connectivity index (χ4n) is 3.47. The van der Waals surface area contributed by atoms with Gasteiger partial charge in [0.15, 0.2) is 15.6 Å². The maximum Gasteiger partial charge on any atom is 0.188 e. The molecular weight excluding hydrogens is 479 g/mol. The number of rotatable bonds is 7. The standard InChI is InChI=1S/C26H20Cl2O4S/c1-17-2-12-22(13-3-17)33(30,31)26(16-23(29)18-4-8-20(27)9-5-18)25-15-14-24(32-25)19-6-10-21(28)11-7-19/h2-15,26H,16H2,1H3. The molecule has 0 bridgehead atoms. The molecule has 7 heteroatoms. The van der Waals surface area contributed by atoms with Crippen molar-refractivity contribution in [2.75, 3.05) is 0 Å². The van der Waals surface area contributed by atoms with Crippen molar-refractivity contribution in [3.63, 3.8) is 0 Å². The first-order chi connectivity index (χ1) is 15.7. The van der Waals surface area contributed by atoms with Gasteiger partial charge in [0.1, 0.15) is 16.8 Å². The lowest BCUT2D eigenvalue weighted by atomic mass is 10.1. The molecule has 0 saturated heterocycles. The van der Waals surface area contributed by atoms with Gasteiger partial charge in [-0.2, -0.15) is 0 Å². The highest BCUT2D eigenvalue weighted by Crippen LogP contribution is 2.36. The normalized spacial score (nSPS) is 12.5. The first-order valence-electron chi connectivity index (χ1n) is 10.2. The average Bonchev–Trinajstić information content (AvgIpc) is 3.28. The fraction of sp³-hybridized carbons (Fsp3) is 0.115.